The summed E-state index contributed by atoms with van der Waals surface area (Å²) >= 11 is 0. The zero-order chi connectivity index (χ0) is 23.3. The summed E-state index contributed by atoms with van der Waals surface area (Å²) in [6.07, 6.45) is 4.50. The average molecular weight is 468 g/mol. The molecule has 34 heavy (non-hydrogen) atoms. The Bertz CT molecular complexity index is 894. The van der Waals surface area contributed by atoms with E-state index in [1.54, 1.807) is 4.90 Å². The number of nitrogens with one attached hydrogen (secondary N) is 2. The smallest absolute Gasteiger partial charge is 0.332 e. The van der Waals surface area contributed by atoms with E-state index in [0.717, 1.165) is 44.3 Å². The Kier molecular flexibility index (Phi) is 11.8. The van der Waals surface area contributed by atoms with E-state index >= 15 is 0 Å². The van der Waals surface area contributed by atoms with Crippen LogP contribution in [0.3, 0.4) is 0 Å². The van der Waals surface area contributed by atoms with Crippen molar-refractivity contribution < 1.29 is 19.2 Å². The van der Waals surface area contributed by atoms with Gasteiger partial charge in [0.15, 0.2) is 0 Å². The van der Waals surface area contributed by atoms with Crippen molar-refractivity contribution in [3.8, 4) is 0 Å². The van der Waals surface area contributed by atoms with Crippen LogP contribution in [0.25, 0.3) is 0 Å². The summed E-state index contributed by atoms with van der Waals surface area (Å²) in [4.78, 5) is 42.5. The van der Waals surface area contributed by atoms with Gasteiger partial charge in [0, 0.05) is 32.6 Å². The summed E-state index contributed by atoms with van der Waals surface area (Å²) < 4.78 is 0. The number of hydroxylamine groups is 1. The third-order valence-electron chi connectivity index (χ3n) is 5.70. The predicted octanol–water partition coefficient (Wildman–Crippen LogP) is 3.22. The number of aryl methyl sites for hydroxylation is 2. The van der Waals surface area contributed by atoms with Gasteiger partial charge >= 0.3 is 5.97 Å². The summed E-state index contributed by atoms with van der Waals surface area (Å²) in [6, 6.07) is 18.4. The van der Waals surface area contributed by atoms with E-state index < -0.39 is 11.9 Å². The molecule has 7 nitrogen and oxygen atoms in total. The second kappa shape index (κ2) is 14.9. The molecule has 0 unspecified atom stereocenters. The molecular formula is C27H37N3O4. The van der Waals surface area contributed by atoms with Crippen molar-refractivity contribution in [2.45, 2.75) is 52.4 Å². The lowest BCUT2D eigenvalue weighted by molar-refractivity contribution is -0.159. The maximum atomic E-state index is 12.1. The highest BCUT2D eigenvalue weighted by Crippen LogP contribution is 2.11. The minimum Gasteiger partial charge on any atom is -0.341 e. The van der Waals surface area contributed by atoms with Crippen LogP contribution in [0, 0.1) is 0 Å². The number of piperazine rings is 1. The standard InChI is InChI=1S/C26H33N3O4.CH4/c30-24(28-33-26(32)15-14-25(31)29-18-16-27-17-19-29)20-23-12-10-22(11-13-23)9-5-4-8-21-6-2-1-3-7-21;/h1-3,6-7,10-13,27H,4-5,8-9,14-20H2,(H,28,30);1H4. The molecule has 2 amide bonds. The third kappa shape index (κ3) is 9.75. The fourth-order valence-corrected chi connectivity index (χ4v) is 3.79. The summed E-state index contributed by atoms with van der Waals surface area (Å²) in [5.41, 5.74) is 5.64. The number of carbonyl (C=O) groups is 3. The lowest BCUT2D eigenvalue weighted by Gasteiger charge is -2.27. The number of hydrogen-bond acceptors (Lipinski definition) is 5. The van der Waals surface area contributed by atoms with Gasteiger partial charge < -0.3 is 15.1 Å². The van der Waals surface area contributed by atoms with Crippen molar-refractivity contribution in [1.29, 1.82) is 0 Å². The highest BCUT2D eigenvalue weighted by molar-refractivity contribution is 5.83. The number of unbranched alkanes of at least 4 members (excludes halogenated alkanes) is 1. The number of carbonyl (C=O) groups excluding carboxylic acids is 3. The molecule has 1 heterocycles. The Morgan fingerprint density at radius 2 is 1.41 bits per heavy atom. The van der Waals surface area contributed by atoms with Gasteiger partial charge in [-0.25, -0.2) is 4.79 Å². The van der Waals surface area contributed by atoms with Crippen molar-refractivity contribution >= 4 is 17.8 Å². The summed E-state index contributed by atoms with van der Waals surface area (Å²) in [7, 11) is 0. The van der Waals surface area contributed by atoms with Gasteiger partial charge in [0.2, 0.25) is 5.91 Å². The van der Waals surface area contributed by atoms with Crippen molar-refractivity contribution in [2.75, 3.05) is 26.2 Å². The summed E-state index contributed by atoms with van der Waals surface area (Å²) in [5, 5.41) is 3.17. The van der Waals surface area contributed by atoms with Crippen molar-refractivity contribution in [2.24, 2.45) is 0 Å². The lowest BCUT2D eigenvalue weighted by Crippen LogP contribution is -2.46. The van der Waals surface area contributed by atoms with Crippen LogP contribution in [0.2, 0.25) is 0 Å². The zero-order valence-corrected chi connectivity index (χ0v) is 19.1. The van der Waals surface area contributed by atoms with Crippen molar-refractivity contribution in [1.82, 2.24) is 15.7 Å². The zero-order valence-electron chi connectivity index (χ0n) is 19.1. The van der Waals surface area contributed by atoms with E-state index in [2.05, 4.69) is 35.1 Å². The Morgan fingerprint density at radius 3 is 2.06 bits per heavy atom. The molecule has 1 aliphatic heterocycles. The molecule has 0 radical (unpaired) electrons. The molecule has 0 saturated carbocycles. The van der Waals surface area contributed by atoms with Gasteiger partial charge in [-0.05, 0) is 42.4 Å². The molecule has 0 bridgehead atoms. The average Bonchev–Trinajstić information content (AvgIpc) is 2.86. The fourth-order valence-electron chi connectivity index (χ4n) is 3.79. The molecule has 1 fully saturated rings. The third-order valence-corrected chi connectivity index (χ3v) is 5.70. The van der Waals surface area contributed by atoms with Gasteiger partial charge in [-0.1, -0.05) is 62.0 Å². The maximum Gasteiger partial charge on any atom is 0.332 e. The molecule has 7 heteroatoms. The first kappa shape index (κ1) is 27.1. The Balaban J connectivity index is 0.00000408. The molecular weight excluding hydrogens is 430 g/mol. The summed E-state index contributed by atoms with van der Waals surface area (Å²) in [5.74, 6) is -1.08. The monoisotopic (exact) mass is 467 g/mol. The Hall–Kier alpha value is -3.19. The van der Waals surface area contributed by atoms with Crippen LogP contribution in [-0.2, 0) is 38.5 Å². The molecule has 0 spiro atoms. The predicted molar refractivity (Wildman–Crippen MR) is 133 cm³/mol. The van der Waals surface area contributed by atoms with E-state index in [9.17, 15) is 14.4 Å². The number of benzene rings is 2. The van der Waals surface area contributed by atoms with Crippen LogP contribution >= 0.6 is 0 Å². The molecule has 2 aromatic carbocycles. The largest absolute Gasteiger partial charge is 0.341 e. The van der Waals surface area contributed by atoms with Crippen LogP contribution in [0.5, 0.6) is 0 Å². The molecule has 1 aliphatic rings. The molecule has 0 aliphatic carbocycles. The maximum absolute atomic E-state index is 12.1. The van der Waals surface area contributed by atoms with Gasteiger partial charge in [-0.2, -0.15) is 5.48 Å². The molecule has 3 rings (SSSR count). The number of rotatable bonds is 10. The van der Waals surface area contributed by atoms with Gasteiger partial charge in [-0.15, -0.1) is 0 Å². The molecule has 0 aromatic heterocycles. The minimum absolute atomic E-state index is 0. The Labute approximate surface area is 202 Å². The normalized spacial score (nSPS) is 13.0. The van der Waals surface area contributed by atoms with Crippen molar-refractivity contribution in [3.05, 3.63) is 71.3 Å². The first-order chi connectivity index (χ1) is 16.1. The quantitative estimate of drug-likeness (QED) is 0.414. The van der Waals surface area contributed by atoms with Crippen LogP contribution in [-0.4, -0.2) is 48.9 Å². The van der Waals surface area contributed by atoms with Gasteiger partial charge in [-0.3, -0.25) is 9.59 Å². The van der Waals surface area contributed by atoms with Gasteiger partial charge in [0.05, 0.1) is 12.8 Å². The molecule has 2 aromatic rings. The molecule has 0 atom stereocenters. The van der Waals surface area contributed by atoms with Crippen LogP contribution in [0.1, 0.15) is 49.8 Å². The first-order valence-electron chi connectivity index (χ1n) is 11.7. The topological polar surface area (TPSA) is 87.7 Å². The SMILES string of the molecule is C.O=C(Cc1ccc(CCCCc2ccccc2)cc1)NOC(=O)CCC(=O)N1CCNCC1. The first-order valence-corrected chi connectivity index (χ1v) is 11.7. The number of nitrogens with zero attached hydrogens (tertiary/aromatic N) is 1. The van der Waals surface area contributed by atoms with E-state index in [0.29, 0.717) is 13.1 Å². The van der Waals surface area contributed by atoms with Crippen molar-refractivity contribution in [3.63, 3.8) is 0 Å². The lowest BCUT2D eigenvalue weighted by atomic mass is 10.0. The molecule has 184 valence electrons. The second-order valence-corrected chi connectivity index (χ2v) is 8.32. The fraction of sp³-hybridized carbons (Fsp3) is 0.444. The van der Waals surface area contributed by atoms with Crippen LogP contribution in [0.15, 0.2) is 54.6 Å². The highest BCUT2D eigenvalue weighted by Gasteiger charge is 2.18. The number of amides is 2. The van der Waals surface area contributed by atoms with Crippen LogP contribution < -0.4 is 10.8 Å². The van der Waals surface area contributed by atoms with E-state index in [1.165, 1.54) is 11.1 Å². The van der Waals surface area contributed by atoms with Gasteiger partial charge in [0.25, 0.3) is 5.91 Å². The second-order valence-electron chi connectivity index (χ2n) is 8.32. The van der Waals surface area contributed by atoms with Crippen LogP contribution in [0.4, 0.5) is 0 Å². The highest BCUT2D eigenvalue weighted by atomic mass is 16.7. The minimum atomic E-state index is -0.613. The van der Waals surface area contributed by atoms with Gasteiger partial charge in [0.1, 0.15) is 0 Å². The van der Waals surface area contributed by atoms with E-state index in [-0.39, 0.29) is 32.6 Å². The van der Waals surface area contributed by atoms with E-state index in [1.807, 2.05) is 30.3 Å². The molecule has 2 N–H and O–H groups in total. The van der Waals surface area contributed by atoms with E-state index in [4.69, 9.17) is 4.84 Å². The summed E-state index contributed by atoms with van der Waals surface area (Å²) in [6.45, 7) is 2.83. The Morgan fingerprint density at radius 1 is 0.824 bits per heavy atom. The number of hydrogen-bond donors (Lipinski definition) is 2. The molecule has 1 saturated heterocycles.